The quantitative estimate of drug-likeness (QED) is 0.487. The van der Waals surface area contributed by atoms with Gasteiger partial charge in [0.25, 0.3) is 5.69 Å². The van der Waals surface area contributed by atoms with E-state index in [-0.39, 0.29) is 11.6 Å². The maximum absolute atomic E-state index is 12.5. The van der Waals surface area contributed by atoms with Crippen LogP contribution in [0.4, 0.5) is 10.8 Å². The number of fused-ring (bicyclic) bond motifs is 1. The van der Waals surface area contributed by atoms with E-state index >= 15 is 0 Å². The van der Waals surface area contributed by atoms with Crippen molar-refractivity contribution in [3.63, 3.8) is 0 Å². The van der Waals surface area contributed by atoms with E-state index in [0.717, 1.165) is 34.9 Å². The van der Waals surface area contributed by atoms with E-state index in [1.165, 1.54) is 23.0 Å². The predicted molar refractivity (Wildman–Crippen MR) is 110 cm³/mol. The number of anilines is 1. The van der Waals surface area contributed by atoms with Gasteiger partial charge in [-0.05, 0) is 18.1 Å². The molecule has 4 rings (SSSR count). The summed E-state index contributed by atoms with van der Waals surface area (Å²) >= 11 is 1.46. The monoisotopic (exact) mass is 396 g/mol. The Morgan fingerprint density at radius 2 is 1.86 bits per heavy atom. The number of thiazole rings is 1. The van der Waals surface area contributed by atoms with Crippen molar-refractivity contribution in [1.82, 2.24) is 9.88 Å². The van der Waals surface area contributed by atoms with Crippen LogP contribution in [0.25, 0.3) is 10.2 Å². The van der Waals surface area contributed by atoms with Crippen LogP contribution in [0, 0.1) is 10.1 Å². The zero-order valence-corrected chi connectivity index (χ0v) is 16.1. The number of piperazine rings is 1. The third-order valence-electron chi connectivity index (χ3n) is 4.94. The summed E-state index contributed by atoms with van der Waals surface area (Å²) in [6, 6.07) is 14.8. The summed E-state index contributed by atoms with van der Waals surface area (Å²) in [6.07, 6.45) is 1.28. The topological polar surface area (TPSA) is 79.6 Å². The van der Waals surface area contributed by atoms with Crippen LogP contribution in [-0.2, 0) is 11.2 Å². The van der Waals surface area contributed by atoms with Gasteiger partial charge in [0.1, 0.15) is 0 Å². The minimum atomic E-state index is -0.390. The molecule has 1 saturated heterocycles. The summed E-state index contributed by atoms with van der Waals surface area (Å²) < 4.78 is 0.811. The van der Waals surface area contributed by atoms with Crippen LogP contribution in [0.5, 0.6) is 0 Å². The fraction of sp³-hybridized carbons (Fsp3) is 0.300. The molecule has 7 nitrogen and oxygen atoms in total. The average molecular weight is 396 g/mol. The molecule has 1 aliphatic heterocycles. The largest absolute Gasteiger partial charge is 0.345 e. The molecular formula is C20H20N4O3S. The number of rotatable bonds is 5. The van der Waals surface area contributed by atoms with Gasteiger partial charge < -0.3 is 9.80 Å². The summed E-state index contributed by atoms with van der Waals surface area (Å²) in [5.41, 5.74) is 2.03. The lowest BCUT2D eigenvalue weighted by molar-refractivity contribution is -0.384. The summed E-state index contributed by atoms with van der Waals surface area (Å²) in [5.74, 6) is 0.184. The highest BCUT2D eigenvalue weighted by Gasteiger charge is 2.23. The molecule has 28 heavy (non-hydrogen) atoms. The Hall–Kier alpha value is -3.00. The Kier molecular flexibility index (Phi) is 5.21. The number of aromatic nitrogens is 1. The van der Waals surface area contributed by atoms with E-state index in [2.05, 4.69) is 9.88 Å². The van der Waals surface area contributed by atoms with Gasteiger partial charge in [-0.15, -0.1) is 0 Å². The molecule has 0 bridgehead atoms. The van der Waals surface area contributed by atoms with E-state index in [4.69, 9.17) is 0 Å². The molecular weight excluding hydrogens is 376 g/mol. The highest BCUT2D eigenvalue weighted by atomic mass is 32.1. The van der Waals surface area contributed by atoms with Gasteiger partial charge in [-0.1, -0.05) is 41.7 Å². The second-order valence-corrected chi connectivity index (χ2v) is 7.77. The van der Waals surface area contributed by atoms with Gasteiger partial charge in [0.2, 0.25) is 5.91 Å². The molecule has 0 saturated carbocycles. The molecule has 0 N–H and O–H groups in total. The second-order valence-electron chi connectivity index (χ2n) is 6.76. The van der Waals surface area contributed by atoms with Gasteiger partial charge in [0, 0.05) is 44.7 Å². The second kappa shape index (κ2) is 7.93. The van der Waals surface area contributed by atoms with Gasteiger partial charge in [-0.3, -0.25) is 14.9 Å². The smallest absolute Gasteiger partial charge is 0.270 e. The van der Waals surface area contributed by atoms with Crippen molar-refractivity contribution < 1.29 is 9.72 Å². The number of benzene rings is 2. The van der Waals surface area contributed by atoms with Gasteiger partial charge >= 0.3 is 0 Å². The number of nitro benzene ring substituents is 1. The predicted octanol–water partition coefficient (Wildman–Crippen LogP) is 3.49. The van der Waals surface area contributed by atoms with Gasteiger partial charge in [-0.25, -0.2) is 4.98 Å². The molecule has 1 aromatic heterocycles. The highest BCUT2D eigenvalue weighted by Crippen LogP contribution is 2.31. The third-order valence-corrected chi connectivity index (χ3v) is 6.02. The Morgan fingerprint density at radius 1 is 1.11 bits per heavy atom. The highest BCUT2D eigenvalue weighted by molar-refractivity contribution is 7.22. The van der Waals surface area contributed by atoms with Crippen molar-refractivity contribution >= 4 is 38.3 Å². The molecule has 8 heteroatoms. The zero-order chi connectivity index (χ0) is 19.5. The van der Waals surface area contributed by atoms with Crippen LogP contribution in [0.3, 0.4) is 0 Å². The molecule has 1 fully saturated rings. The molecule has 0 aliphatic carbocycles. The van der Waals surface area contributed by atoms with Crippen molar-refractivity contribution in [2.45, 2.75) is 12.8 Å². The lowest BCUT2D eigenvalue weighted by atomic mass is 10.1. The summed E-state index contributed by atoms with van der Waals surface area (Å²) in [4.78, 5) is 31.7. The van der Waals surface area contributed by atoms with Crippen molar-refractivity contribution in [2.75, 3.05) is 31.1 Å². The normalized spacial score (nSPS) is 14.4. The number of hydrogen-bond donors (Lipinski definition) is 0. The molecule has 3 aromatic rings. The van der Waals surface area contributed by atoms with E-state index in [0.29, 0.717) is 19.5 Å². The molecule has 0 atom stereocenters. The third kappa shape index (κ3) is 3.96. The molecule has 0 unspecified atom stereocenters. The number of nitro groups is 1. The van der Waals surface area contributed by atoms with Gasteiger partial charge in [0.05, 0.1) is 15.1 Å². The number of aryl methyl sites for hydroxylation is 1. The molecule has 144 valence electrons. The first-order chi connectivity index (χ1) is 13.6. The lowest BCUT2D eigenvalue weighted by Gasteiger charge is -2.34. The number of amides is 1. The van der Waals surface area contributed by atoms with Crippen LogP contribution >= 0.6 is 11.3 Å². The van der Waals surface area contributed by atoms with Crippen LogP contribution in [0.2, 0.25) is 0 Å². The van der Waals surface area contributed by atoms with Gasteiger partial charge in [-0.2, -0.15) is 0 Å². The Balaban J connectivity index is 1.35. The minimum Gasteiger partial charge on any atom is -0.345 e. The lowest BCUT2D eigenvalue weighted by Crippen LogP contribution is -2.48. The zero-order valence-electron chi connectivity index (χ0n) is 15.3. The molecule has 2 aromatic carbocycles. The molecule has 2 heterocycles. The molecule has 1 amide bonds. The van der Waals surface area contributed by atoms with E-state index < -0.39 is 4.92 Å². The van der Waals surface area contributed by atoms with Crippen molar-refractivity contribution in [3.8, 4) is 0 Å². The maximum Gasteiger partial charge on any atom is 0.270 e. The van der Waals surface area contributed by atoms with Gasteiger partial charge in [0.15, 0.2) is 5.13 Å². The minimum absolute atomic E-state index is 0.0801. The molecule has 0 radical (unpaired) electrons. The Bertz CT molecular complexity index is 997. The van der Waals surface area contributed by atoms with Crippen LogP contribution < -0.4 is 4.90 Å². The summed E-state index contributed by atoms with van der Waals surface area (Å²) in [5, 5.41) is 11.8. The van der Waals surface area contributed by atoms with Crippen molar-refractivity contribution in [1.29, 1.82) is 0 Å². The van der Waals surface area contributed by atoms with E-state index in [1.54, 1.807) is 12.1 Å². The first kappa shape index (κ1) is 18.4. The fourth-order valence-corrected chi connectivity index (χ4v) is 4.40. The Morgan fingerprint density at radius 3 is 2.57 bits per heavy atom. The van der Waals surface area contributed by atoms with Crippen molar-refractivity contribution in [3.05, 3.63) is 64.2 Å². The first-order valence-electron chi connectivity index (χ1n) is 9.22. The van der Waals surface area contributed by atoms with Crippen molar-refractivity contribution in [2.24, 2.45) is 0 Å². The standard InChI is InChI=1S/C20H20N4O3S/c25-19(9-6-15-4-2-1-3-5-15)22-10-12-23(13-11-22)20-21-17-8-7-16(24(26)27)14-18(17)28-20/h1-5,7-8,14H,6,9-13H2. The van der Waals surface area contributed by atoms with Crippen LogP contribution in [-0.4, -0.2) is 46.9 Å². The number of carbonyl (C=O) groups is 1. The average Bonchev–Trinajstić information content (AvgIpc) is 3.16. The SMILES string of the molecule is O=C(CCc1ccccc1)N1CCN(c2nc3ccc([N+](=O)[O-])cc3s2)CC1. The molecule has 0 spiro atoms. The van der Waals surface area contributed by atoms with Crippen LogP contribution in [0.15, 0.2) is 48.5 Å². The fourth-order valence-electron chi connectivity index (χ4n) is 3.35. The van der Waals surface area contributed by atoms with E-state index in [9.17, 15) is 14.9 Å². The first-order valence-corrected chi connectivity index (χ1v) is 10.0. The number of nitrogens with zero attached hydrogens (tertiary/aromatic N) is 4. The number of non-ortho nitro benzene ring substituents is 1. The van der Waals surface area contributed by atoms with E-state index in [1.807, 2.05) is 35.2 Å². The van der Waals surface area contributed by atoms with Crippen LogP contribution in [0.1, 0.15) is 12.0 Å². The summed E-state index contributed by atoms with van der Waals surface area (Å²) in [7, 11) is 0. The number of hydrogen-bond acceptors (Lipinski definition) is 6. The summed E-state index contributed by atoms with van der Waals surface area (Å²) in [6.45, 7) is 2.78. The molecule has 1 aliphatic rings. The Labute approximate surface area is 166 Å². The maximum atomic E-state index is 12.5. The number of carbonyl (C=O) groups excluding carboxylic acids is 1.